The molecule has 0 aliphatic carbocycles. The van der Waals surface area contributed by atoms with Crippen LogP contribution in [0.3, 0.4) is 0 Å². The van der Waals surface area contributed by atoms with Gasteiger partial charge in [-0.15, -0.1) is 12.4 Å². The van der Waals surface area contributed by atoms with E-state index < -0.39 is 0 Å². The van der Waals surface area contributed by atoms with Crippen LogP contribution in [0.2, 0.25) is 0 Å². The summed E-state index contributed by atoms with van der Waals surface area (Å²) in [5.41, 5.74) is 0. The van der Waals surface area contributed by atoms with Crippen LogP contribution >= 0.6 is 12.4 Å². The van der Waals surface area contributed by atoms with Crippen molar-refractivity contribution in [3.05, 3.63) is 0 Å². The van der Waals surface area contributed by atoms with Crippen molar-refractivity contribution in [2.75, 3.05) is 0 Å². The van der Waals surface area contributed by atoms with Crippen LogP contribution in [0, 0.1) is 0 Å². The summed E-state index contributed by atoms with van der Waals surface area (Å²) in [6, 6.07) is 0. The molecule has 0 bridgehead atoms. The van der Waals surface area contributed by atoms with Crippen molar-refractivity contribution in [1.29, 1.82) is 0 Å². The molecule has 0 aliphatic heterocycles. The molecule has 0 saturated carbocycles. The largest absolute Gasteiger partial charge is 0.147 e. The minimum atomic E-state index is 0. The molecule has 0 spiro atoms. The Hall–Kier alpha value is 0.695. The van der Waals surface area contributed by atoms with Gasteiger partial charge in [0.1, 0.15) is 0 Å². The molecule has 0 aliphatic rings. The van der Waals surface area contributed by atoms with E-state index >= 15 is 0 Å². The second-order valence-electron chi connectivity index (χ2n) is 0.733. The third kappa shape index (κ3) is 8.83. The van der Waals surface area contributed by atoms with E-state index in [0.29, 0.717) is 26.4 Å². The van der Waals surface area contributed by atoms with Gasteiger partial charge in [0, 0.05) is 0 Å². The maximum atomic E-state index is 9.75. The zero-order chi connectivity index (χ0) is 4.28. The third-order valence-corrected chi connectivity index (χ3v) is 2.18. The van der Waals surface area contributed by atoms with Crippen LogP contribution in [0.4, 0.5) is 0 Å². The molecule has 1 N–H and O–H groups in total. The summed E-state index contributed by atoms with van der Waals surface area (Å²) < 4.78 is 2.58. The molecule has 0 saturated heterocycles. The Bertz CT molecular complexity index is 48.8. The van der Waals surface area contributed by atoms with Crippen LogP contribution in [0.15, 0.2) is 0 Å². The Balaban J connectivity index is 0. The van der Waals surface area contributed by atoms with E-state index in [9.17, 15) is 4.79 Å². The average molecular weight is 295 g/mol. The third-order valence-electron chi connectivity index (χ3n) is 0.249. The van der Waals surface area contributed by atoms with Gasteiger partial charge in [-0.2, -0.15) is 0 Å². The molecule has 0 rings (SSSR count). The summed E-state index contributed by atoms with van der Waals surface area (Å²) in [6.45, 7) is 1.52. The smallest absolute Gasteiger partial charge is 0.147 e. The van der Waals surface area contributed by atoms with E-state index in [4.69, 9.17) is 0 Å². The van der Waals surface area contributed by atoms with E-state index in [1.165, 1.54) is 6.92 Å². The van der Waals surface area contributed by atoms with Crippen molar-refractivity contribution in [2.24, 2.45) is 0 Å². The molecule has 1 amide bonds. The first-order valence-electron chi connectivity index (χ1n) is 1.31. The minimum Gasteiger partial charge on any atom is -0.147 e. The van der Waals surface area contributed by atoms with Gasteiger partial charge in [0.25, 0.3) is 0 Å². The maximum Gasteiger partial charge on any atom is -0.147 e. The van der Waals surface area contributed by atoms with Gasteiger partial charge in [-0.05, 0) is 0 Å². The molecule has 0 unspecified atom stereocenters. The van der Waals surface area contributed by atoms with Crippen molar-refractivity contribution >= 4 is 18.3 Å². The summed E-state index contributed by atoms with van der Waals surface area (Å²) in [7, 11) is 0. The van der Waals surface area contributed by atoms with Crippen LogP contribution in [0.1, 0.15) is 6.92 Å². The summed E-state index contributed by atoms with van der Waals surface area (Å²) in [4.78, 5) is 9.75. The van der Waals surface area contributed by atoms with E-state index in [2.05, 4.69) is 3.08 Å². The Morgan fingerprint density at radius 2 is 2.00 bits per heavy atom. The van der Waals surface area contributed by atoms with Crippen molar-refractivity contribution in [3.8, 4) is 0 Å². The van der Waals surface area contributed by atoms with Crippen LogP contribution in [0.25, 0.3) is 0 Å². The van der Waals surface area contributed by atoms with Gasteiger partial charge in [-0.1, -0.05) is 0 Å². The molecule has 0 atom stereocenters. The molecule has 0 aromatic carbocycles. The van der Waals surface area contributed by atoms with Crippen LogP contribution in [-0.2, 0) is 31.2 Å². The van der Waals surface area contributed by atoms with E-state index in [-0.39, 0.29) is 18.3 Å². The molecule has 6 heavy (non-hydrogen) atoms. The SMILES string of the molecule is CC(=O)[NH][Hg].Cl. The number of amides is 1. The Morgan fingerprint density at radius 3 is 2.00 bits per heavy atom. The second-order valence-corrected chi connectivity index (χ2v) is 2.11. The zero-order valence-electron chi connectivity index (χ0n) is 3.52. The molecule has 0 radical (unpaired) electrons. The van der Waals surface area contributed by atoms with Crippen LogP contribution in [-0.4, -0.2) is 5.91 Å². The summed E-state index contributed by atoms with van der Waals surface area (Å²) in [5, 5.41) is 0. The molecule has 0 aromatic rings. The van der Waals surface area contributed by atoms with Crippen LogP contribution < -0.4 is 3.08 Å². The van der Waals surface area contributed by atoms with Crippen molar-refractivity contribution in [3.63, 3.8) is 0 Å². The first-order valence-corrected chi connectivity index (χ1v) is 4.06. The number of carbonyl (C=O) groups is 1. The van der Waals surface area contributed by atoms with Gasteiger partial charge < -0.3 is 0 Å². The maximum absolute atomic E-state index is 9.75. The van der Waals surface area contributed by atoms with E-state index in [1.807, 2.05) is 0 Å². The monoisotopic (exact) mass is 296 g/mol. The summed E-state index contributed by atoms with van der Waals surface area (Å²) in [5.74, 6) is 0.0910. The summed E-state index contributed by atoms with van der Waals surface area (Å²) >= 11 is 0.444. The van der Waals surface area contributed by atoms with Crippen molar-refractivity contribution in [2.45, 2.75) is 6.92 Å². The van der Waals surface area contributed by atoms with Crippen molar-refractivity contribution < 1.29 is 31.2 Å². The first kappa shape index (κ1) is 9.85. The average Bonchev–Trinajstić information content (AvgIpc) is 1.38. The first-order chi connectivity index (χ1) is 2.27. The topological polar surface area (TPSA) is 29.1 Å². The van der Waals surface area contributed by atoms with Crippen LogP contribution in [0.5, 0.6) is 0 Å². The fourth-order valence-corrected chi connectivity index (χ4v) is 0. The molecule has 2 nitrogen and oxygen atoms in total. The number of carbonyl (C=O) groups excluding carboxylic acids is 1. The Morgan fingerprint density at radius 1 is 1.83 bits per heavy atom. The fourth-order valence-electron chi connectivity index (χ4n) is 0. The van der Waals surface area contributed by atoms with Gasteiger partial charge in [0.05, 0.1) is 0 Å². The second kappa shape index (κ2) is 5.70. The predicted molar refractivity (Wildman–Crippen MR) is 21.1 cm³/mol. The van der Waals surface area contributed by atoms with E-state index in [0.717, 1.165) is 0 Å². The Labute approximate surface area is 59.5 Å². The predicted octanol–water partition coefficient (Wildman–Crippen LogP) is 0.00610. The molecule has 0 heterocycles. The number of halogens is 1. The number of nitrogens with one attached hydrogen (secondary N) is 1. The van der Waals surface area contributed by atoms with Crippen molar-refractivity contribution in [1.82, 2.24) is 3.08 Å². The molecular weight excluding hydrogens is 290 g/mol. The number of rotatable bonds is 0. The Kier molecular flexibility index (Phi) is 9.35. The van der Waals surface area contributed by atoms with Gasteiger partial charge in [0.15, 0.2) is 0 Å². The van der Waals surface area contributed by atoms with Gasteiger partial charge in [0.2, 0.25) is 0 Å². The molecule has 4 heteroatoms. The molecular formula is C2H5ClHgNO. The minimum absolute atomic E-state index is 0. The zero-order valence-corrected chi connectivity index (χ0v) is 9.84. The molecule has 33 valence electrons. The van der Waals surface area contributed by atoms with E-state index in [1.54, 1.807) is 0 Å². The number of hydrogen-bond acceptors (Lipinski definition) is 1. The molecule has 0 aromatic heterocycles. The van der Waals surface area contributed by atoms with Gasteiger partial charge in [-0.3, -0.25) is 0 Å². The normalized spacial score (nSPS) is 5.83. The standard InChI is InChI=1S/C2H5NO.ClH.Hg/c1-2(3)4;;/h1H3,(H2,3,4);1H;/q;;+1/p-1. The fraction of sp³-hybridized carbons (Fsp3) is 0.500. The van der Waals surface area contributed by atoms with Gasteiger partial charge in [-0.25, -0.2) is 0 Å². The number of hydrogen-bond donors (Lipinski definition) is 1. The quantitative estimate of drug-likeness (QED) is 0.627. The van der Waals surface area contributed by atoms with Gasteiger partial charge >= 0.3 is 47.1 Å². The molecule has 0 fully saturated rings. The summed E-state index contributed by atoms with van der Waals surface area (Å²) in [6.07, 6.45) is 0.